The normalized spacial score (nSPS) is 12.2. The number of aromatic hydroxyl groups is 1. The van der Waals surface area contributed by atoms with Crippen LogP contribution in [0.1, 0.15) is 41.5 Å². The van der Waals surface area contributed by atoms with Gasteiger partial charge in [0.1, 0.15) is 11.5 Å². The van der Waals surface area contributed by atoms with Gasteiger partial charge in [-0.15, -0.1) is 0 Å². The standard InChI is InChI=1S/C21H30O2SSi/c1-15(2)25(16(3)4,17(5)6)23-18-11-13-19(14-12-18)24-21-10-8-7-9-20(21)22/h7-17,22H,1-6H3. The summed E-state index contributed by atoms with van der Waals surface area (Å²) in [6.45, 7) is 13.8. The Balaban J connectivity index is 2.20. The van der Waals surface area contributed by atoms with Gasteiger partial charge >= 0.3 is 0 Å². The van der Waals surface area contributed by atoms with Gasteiger partial charge in [-0.2, -0.15) is 0 Å². The van der Waals surface area contributed by atoms with Crippen molar-refractivity contribution in [3.8, 4) is 11.5 Å². The SMILES string of the molecule is CC(C)[Si](Oc1ccc(Sc2ccccc2O)cc1)(C(C)C)C(C)C. The molecule has 0 radical (unpaired) electrons. The molecule has 0 aromatic heterocycles. The van der Waals surface area contributed by atoms with Crippen LogP contribution in [0.2, 0.25) is 16.6 Å². The van der Waals surface area contributed by atoms with Crippen LogP contribution in [-0.4, -0.2) is 13.4 Å². The molecule has 0 heterocycles. The second kappa shape index (κ2) is 8.32. The third-order valence-corrected chi connectivity index (χ3v) is 12.0. The number of benzene rings is 2. The predicted molar refractivity (Wildman–Crippen MR) is 110 cm³/mol. The maximum Gasteiger partial charge on any atom is 0.258 e. The molecule has 1 N–H and O–H groups in total. The molecule has 0 bridgehead atoms. The smallest absolute Gasteiger partial charge is 0.258 e. The van der Waals surface area contributed by atoms with Crippen LogP contribution in [-0.2, 0) is 0 Å². The van der Waals surface area contributed by atoms with E-state index in [1.807, 2.05) is 18.2 Å². The monoisotopic (exact) mass is 374 g/mol. The van der Waals surface area contributed by atoms with Crippen LogP contribution in [0, 0.1) is 0 Å². The second-order valence-electron chi connectivity index (χ2n) is 7.46. The van der Waals surface area contributed by atoms with Gasteiger partial charge in [0, 0.05) is 4.90 Å². The van der Waals surface area contributed by atoms with Crippen molar-refractivity contribution >= 4 is 20.1 Å². The van der Waals surface area contributed by atoms with Crippen molar-refractivity contribution in [3.63, 3.8) is 0 Å². The van der Waals surface area contributed by atoms with Crippen LogP contribution in [0.25, 0.3) is 0 Å². The number of rotatable bonds is 7. The summed E-state index contributed by atoms with van der Waals surface area (Å²) < 4.78 is 6.70. The second-order valence-corrected chi connectivity index (χ2v) is 14.0. The van der Waals surface area contributed by atoms with Crippen molar-refractivity contribution in [1.82, 2.24) is 0 Å². The predicted octanol–water partition coefficient (Wildman–Crippen LogP) is 7.10. The molecule has 2 aromatic carbocycles. The highest BCUT2D eigenvalue weighted by molar-refractivity contribution is 7.99. The van der Waals surface area contributed by atoms with Crippen molar-refractivity contribution in [1.29, 1.82) is 0 Å². The first-order chi connectivity index (χ1) is 11.8. The van der Waals surface area contributed by atoms with E-state index in [9.17, 15) is 5.11 Å². The Morgan fingerprint density at radius 3 is 1.80 bits per heavy atom. The highest BCUT2D eigenvalue weighted by atomic mass is 32.2. The van der Waals surface area contributed by atoms with E-state index >= 15 is 0 Å². The van der Waals surface area contributed by atoms with Crippen molar-refractivity contribution in [3.05, 3.63) is 48.5 Å². The molecule has 4 heteroatoms. The first-order valence-corrected chi connectivity index (χ1v) is 12.0. The fourth-order valence-electron chi connectivity index (χ4n) is 3.80. The molecule has 25 heavy (non-hydrogen) atoms. The Hall–Kier alpha value is -1.39. The van der Waals surface area contributed by atoms with Gasteiger partial charge in [-0.05, 0) is 53.0 Å². The van der Waals surface area contributed by atoms with E-state index in [2.05, 4.69) is 65.8 Å². The summed E-state index contributed by atoms with van der Waals surface area (Å²) in [6.07, 6.45) is 0. The highest BCUT2D eigenvalue weighted by Crippen LogP contribution is 2.43. The lowest BCUT2D eigenvalue weighted by molar-refractivity contribution is 0.462. The molecule has 0 aliphatic rings. The maximum absolute atomic E-state index is 9.92. The summed E-state index contributed by atoms with van der Waals surface area (Å²) >= 11 is 1.57. The van der Waals surface area contributed by atoms with E-state index in [4.69, 9.17) is 4.43 Å². The van der Waals surface area contributed by atoms with Gasteiger partial charge in [-0.3, -0.25) is 0 Å². The number of phenols is 1. The summed E-state index contributed by atoms with van der Waals surface area (Å²) in [5.74, 6) is 1.28. The third-order valence-electron chi connectivity index (χ3n) is 4.92. The quantitative estimate of drug-likeness (QED) is 0.524. The Kier molecular flexibility index (Phi) is 6.63. The van der Waals surface area contributed by atoms with E-state index in [1.54, 1.807) is 17.8 Å². The molecule has 0 aliphatic carbocycles. The zero-order chi connectivity index (χ0) is 18.6. The highest BCUT2D eigenvalue weighted by Gasteiger charge is 2.46. The molecule has 0 fully saturated rings. The van der Waals surface area contributed by atoms with Crippen molar-refractivity contribution in [2.45, 2.75) is 68.0 Å². The molecule has 2 nitrogen and oxygen atoms in total. The number of para-hydroxylation sites is 1. The summed E-state index contributed by atoms with van der Waals surface area (Å²) in [4.78, 5) is 1.96. The molecule has 2 rings (SSSR count). The minimum atomic E-state index is -1.92. The van der Waals surface area contributed by atoms with E-state index in [1.165, 1.54) is 0 Å². The molecule has 2 aromatic rings. The minimum absolute atomic E-state index is 0.318. The molecule has 0 atom stereocenters. The molecule has 136 valence electrons. The van der Waals surface area contributed by atoms with Gasteiger partial charge in [0.25, 0.3) is 8.32 Å². The van der Waals surface area contributed by atoms with Crippen molar-refractivity contribution < 1.29 is 9.53 Å². The summed E-state index contributed by atoms with van der Waals surface area (Å²) in [6, 6.07) is 15.7. The van der Waals surface area contributed by atoms with Gasteiger partial charge in [0.2, 0.25) is 0 Å². The van der Waals surface area contributed by atoms with Crippen LogP contribution in [0.15, 0.2) is 58.3 Å². The van der Waals surface area contributed by atoms with Gasteiger partial charge in [0.15, 0.2) is 0 Å². The van der Waals surface area contributed by atoms with Crippen LogP contribution in [0.5, 0.6) is 11.5 Å². The zero-order valence-electron chi connectivity index (χ0n) is 16.1. The van der Waals surface area contributed by atoms with Gasteiger partial charge in [0.05, 0.1) is 4.90 Å². The summed E-state index contributed by atoms with van der Waals surface area (Å²) in [7, 11) is -1.92. The van der Waals surface area contributed by atoms with Crippen molar-refractivity contribution in [2.24, 2.45) is 0 Å². The molecule has 0 saturated carbocycles. The number of hydrogen-bond acceptors (Lipinski definition) is 3. The van der Waals surface area contributed by atoms with E-state index in [-0.39, 0.29) is 0 Å². The van der Waals surface area contributed by atoms with Gasteiger partial charge in [-0.1, -0.05) is 65.4 Å². The Morgan fingerprint density at radius 1 is 0.800 bits per heavy atom. The fourth-order valence-corrected chi connectivity index (χ4v) is 9.90. The van der Waals surface area contributed by atoms with Crippen molar-refractivity contribution in [2.75, 3.05) is 0 Å². The van der Waals surface area contributed by atoms with Crippen LogP contribution in [0.3, 0.4) is 0 Å². The minimum Gasteiger partial charge on any atom is -0.543 e. The molecular weight excluding hydrogens is 344 g/mol. The molecular formula is C21H30O2SSi. The lowest BCUT2D eigenvalue weighted by atomic mass is 10.3. The summed E-state index contributed by atoms with van der Waals surface area (Å²) in [5, 5.41) is 9.92. The lowest BCUT2D eigenvalue weighted by Gasteiger charge is -2.42. The van der Waals surface area contributed by atoms with Crippen LogP contribution < -0.4 is 4.43 Å². The average Bonchev–Trinajstić information content (AvgIpc) is 2.55. The number of hydrogen-bond donors (Lipinski definition) is 1. The molecule has 0 spiro atoms. The first-order valence-electron chi connectivity index (χ1n) is 9.02. The largest absolute Gasteiger partial charge is 0.543 e. The Bertz CT molecular complexity index is 659. The topological polar surface area (TPSA) is 29.5 Å². The van der Waals surface area contributed by atoms with Gasteiger partial charge in [-0.25, -0.2) is 0 Å². The fraction of sp³-hybridized carbons (Fsp3) is 0.429. The van der Waals surface area contributed by atoms with Crippen LogP contribution >= 0.6 is 11.8 Å². The zero-order valence-corrected chi connectivity index (χ0v) is 17.9. The molecule has 0 unspecified atom stereocenters. The number of phenolic OH excluding ortho intramolecular Hbond substituents is 1. The molecule has 0 saturated heterocycles. The third kappa shape index (κ3) is 4.42. The van der Waals surface area contributed by atoms with E-state index in [0.29, 0.717) is 22.4 Å². The first kappa shape index (κ1) is 19.9. The average molecular weight is 375 g/mol. The van der Waals surface area contributed by atoms with Crippen LogP contribution in [0.4, 0.5) is 0 Å². The molecule has 0 aliphatic heterocycles. The lowest BCUT2D eigenvalue weighted by Crippen LogP contribution is -2.50. The summed E-state index contributed by atoms with van der Waals surface area (Å²) in [5.41, 5.74) is 1.67. The maximum atomic E-state index is 9.92. The Labute approximate surface area is 157 Å². The molecule has 0 amide bonds. The van der Waals surface area contributed by atoms with Gasteiger partial charge < -0.3 is 9.53 Å². The van der Waals surface area contributed by atoms with E-state index in [0.717, 1.165) is 15.5 Å². The Morgan fingerprint density at radius 2 is 1.32 bits per heavy atom. The van der Waals surface area contributed by atoms with E-state index < -0.39 is 8.32 Å².